The molecule has 0 aliphatic carbocycles. The largest absolute Gasteiger partial charge is 0.349 e. The molecule has 0 aromatic rings. The number of rotatable bonds is 5. The van der Waals surface area contributed by atoms with Crippen molar-refractivity contribution in [3.8, 4) is 0 Å². The standard InChI is InChI=1S/C8H19O2Si/c1-8(9-2)10-6-7-11(3,4)5/h6-7H2,1-5H3. The van der Waals surface area contributed by atoms with E-state index in [1.807, 2.05) is 6.92 Å². The summed E-state index contributed by atoms with van der Waals surface area (Å²) in [5, 5.41) is 0. The summed E-state index contributed by atoms with van der Waals surface area (Å²) in [5.41, 5.74) is 0. The Morgan fingerprint density at radius 1 is 1.27 bits per heavy atom. The highest BCUT2D eigenvalue weighted by atomic mass is 28.3. The first kappa shape index (κ1) is 11.1. The molecular weight excluding hydrogens is 156 g/mol. The fourth-order valence-electron chi connectivity index (χ4n) is 0.560. The van der Waals surface area contributed by atoms with Gasteiger partial charge in [-0.3, -0.25) is 0 Å². The Hall–Kier alpha value is 0.137. The molecule has 67 valence electrons. The van der Waals surface area contributed by atoms with Gasteiger partial charge in [-0.25, -0.2) is 0 Å². The average molecular weight is 175 g/mol. The molecule has 0 amide bonds. The zero-order valence-electron chi connectivity index (χ0n) is 8.23. The monoisotopic (exact) mass is 175 g/mol. The van der Waals surface area contributed by atoms with Crippen LogP contribution in [0.1, 0.15) is 6.92 Å². The molecule has 3 heteroatoms. The Labute approximate surface area is 70.9 Å². The topological polar surface area (TPSA) is 18.5 Å². The predicted octanol–water partition coefficient (Wildman–Crippen LogP) is 2.50. The van der Waals surface area contributed by atoms with Crippen LogP contribution >= 0.6 is 0 Å². The summed E-state index contributed by atoms with van der Waals surface area (Å²) in [6, 6.07) is 1.19. The van der Waals surface area contributed by atoms with Crippen molar-refractivity contribution < 1.29 is 9.47 Å². The summed E-state index contributed by atoms with van der Waals surface area (Å²) in [7, 11) is 0.698. The van der Waals surface area contributed by atoms with Gasteiger partial charge in [-0.1, -0.05) is 19.6 Å². The highest BCUT2D eigenvalue weighted by Gasteiger charge is 2.13. The number of ether oxygens (including phenoxy) is 2. The number of methoxy groups -OCH3 is 1. The van der Waals surface area contributed by atoms with Gasteiger partial charge in [0.1, 0.15) is 0 Å². The lowest BCUT2D eigenvalue weighted by molar-refractivity contribution is -0.00870. The number of hydrogen-bond donors (Lipinski definition) is 0. The second-order valence-corrected chi connectivity index (χ2v) is 9.48. The number of hydrogen-bond acceptors (Lipinski definition) is 2. The van der Waals surface area contributed by atoms with E-state index in [4.69, 9.17) is 9.47 Å². The molecule has 0 bridgehead atoms. The van der Waals surface area contributed by atoms with Crippen molar-refractivity contribution >= 4 is 8.07 Å². The van der Waals surface area contributed by atoms with Crippen LogP contribution in [-0.4, -0.2) is 21.8 Å². The van der Waals surface area contributed by atoms with Gasteiger partial charge in [0, 0.05) is 21.8 Å². The SMILES string of the molecule is CO[C](C)OCC[Si](C)(C)C. The van der Waals surface area contributed by atoms with Gasteiger partial charge in [0.15, 0.2) is 0 Å². The second kappa shape index (κ2) is 4.90. The second-order valence-electron chi connectivity index (χ2n) is 3.85. The summed E-state index contributed by atoms with van der Waals surface area (Å²) in [4.78, 5) is 0. The van der Waals surface area contributed by atoms with Crippen molar-refractivity contribution in [3.63, 3.8) is 0 Å². The van der Waals surface area contributed by atoms with Crippen LogP contribution in [0.5, 0.6) is 0 Å². The Morgan fingerprint density at radius 3 is 2.18 bits per heavy atom. The zero-order valence-corrected chi connectivity index (χ0v) is 9.23. The van der Waals surface area contributed by atoms with E-state index in [1.54, 1.807) is 7.11 Å². The highest BCUT2D eigenvalue weighted by Crippen LogP contribution is 2.10. The maximum Gasteiger partial charge on any atom is 0.220 e. The van der Waals surface area contributed by atoms with Crippen molar-refractivity contribution in [2.45, 2.75) is 32.6 Å². The third-order valence-electron chi connectivity index (χ3n) is 1.44. The summed E-state index contributed by atoms with van der Waals surface area (Å²) < 4.78 is 10.2. The fourth-order valence-corrected chi connectivity index (χ4v) is 1.27. The molecule has 11 heavy (non-hydrogen) atoms. The Morgan fingerprint density at radius 2 is 1.82 bits per heavy atom. The highest BCUT2D eigenvalue weighted by molar-refractivity contribution is 6.76. The third kappa shape index (κ3) is 8.04. The molecule has 1 radical (unpaired) electrons. The summed E-state index contributed by atoms with van der Waals surface area (Å²) in [6.07, 6.45) is 0.670. The first-order chi connectivity index (χ1) is 4.95. The van der Waals surface area contributed by atoms with Crippen molar-refractivity contribution in [1.29, 1.82) is 0 Å². The molecule has 0 unspecified atom stereocenters. The van der Waals surface area contributed by atoms with Gasteiger partial charge >= 0.3 is 0 Å². The lowest BCUT2D eigenvalue weighted by Crippen LogP contribution is -2.22. The van der Waals surface area contributed by atoms with Gasteiger partial charge in [0.05, 0.1) is 0 Å². The van der Waals surface area contributed by atoms with E-state index in [0.29, 0.717) is 6.29 Å². The van der Waals surface area contributed by atoms with Crippen molar-refractivity contribution in [2.75, 3.05) is 13.7 Å². The molecule has 0 aromatic heterocycles. The van der Waals surface area contributed by atoms with Crippen molar-refractivity contribution in [1.82, 2.24) is 0 Å². The molecule has 2 nitrogen and oxygen atoms in total. The van der Waals surface area contributed by atoms with Crippen LogP contribution in [0.25, 0.3) is 0 Å². The first-order valence-electron chi connectivity index (χ1n) is 3.96. The van der Waals surface area contributed by atoms with E-state index in [9.17, 15) is 0 Å². The van der Waals surface area contributed by atoms with E-state index in [-0.39, 0.29) is 0 Å². The molecule has 0 aromatic carbocycles. The van der Waals surface area contributed by atoms with E-state index in [0.717, 1.165) is 6.61 Å². The van der Waals surface area contributed by atoms with Gasteiger partial charge in [-0.15, -0.1) is 0 Å². The van der Waals surface area contributed by atoms with Gasteiger partial charge in [0.25, 0.3) is 0 Å². The molecule has 0 spiro atoms. The molecule has 0 fully saturated rings. The molecule has 0 saturated heterocycles. The minimum atomic E-state index is -0.931. The molecule has 0 aliphatic rings. The molecule has 0 aliphatic heterocycles. The van der Waals surface area contributed by atoms with Crippen LogP contribution < -0.4 is 0 Å². The maximum absolute atomic E-state index is 5.30. The molecular formula is C8H19O2Si. The molecule has 0 heterocycles. The minimum Gasteiger partial charge on any atom is -0.349 e. The average Bonchev–Trinajstić information content (AvgIpc) is 1.85. The third-order valence-corrected chi connectivity index (χ3v) is 3.15. The van der Waals surface area contributed by atoms with Crippen molar-refractivity contribution in [3.05, 3.63) is 6.29 Å². The van der Waals surface area contributed by atoms with Crippen LogP contribution in [0.2, 0.25) is 25.7 Å². The first-order valence-corrected chi connectivity index (χ1v) is 7.67. The zero-order chi connectivity index (χ0) is 8.91. The lowest BCUT2D eigenvalue weighted by atomic mass is 10.7. The van der Waals surface area contributed by atoms with Gasteiger partial charge < -0.3 is 9.47 Å². The molecule has 0 atom stereocenters. The molecule has 0 N–H and O–H groups in total. The normalized spacial score (nSPS) is 12.5. The lowest BCUT2D eigenvalue weighted by Gasteiger charge is -2.16. The molecule has 0 rings (SSSR count). The van der Waals surface area contributed by atoms with Crippen LogP contribution in [0.4, 0.5) is 0 Å². The van der Waals surface area contributed by atoms with E-state index < -0.39 is 8.07 Å². The van der Waals surface area contributed by atoms with E-state index in [1.165, 1.54) is 6.04 Å². The quantitative estimate of drug-likeness (QED) is 0.598. The predicted molar refractivity (Wildman–Crippen MR) is 50.0 cm³/mol. The van der Waals surface area contributed by atoms with Crippen LogP contribution in [-0.2, 0) is 9.47 Å². The summed E-state index contributed by atoms with van der Waals surface area (Å²) in [5.74, 6) is 0. The van der Waals surface area contributed by atoms with Gasteiger partial charge in [-0.05, 0) is 13.0 Å². The summed E-state index contributed by atoms with van der Waals surface area (Å²) in [6.45, 7) is 9.63. The Bertz CT molecular complexity index is 98.8. The van der Waals surface area contributed by atoms with E-state index in [2.05, 4.69) is 19.6 Å². The van der Waals surface area contributed by atoms with Crippen LogP contribution in [0.15, 0.2) is 0 Å². The maximum atomic E-state index is 5.30. The van der Waals surface area contributed by atoms with E-state index >= 15 is 0 Å². The smallest absolute Gasteiger partial charge is 0.220 e. The summed E-state index contributed by atoms with van der Waals surface area (Å²) >= 11 is 0. The minimum absolute atomic E-state index is 0.670. The van der Waals surface area contributed by atoms with Crippen LogP contribution in [0, 0.1) is 6.29 Å². The molecule has 0 saturated carbocycles. The Balaban J connectivity index is 3.28. The van der Waals surface area contributed by atoms with Gasteiger partial charge in [-0.2, -0.15) is 0 Å². The van der Waals surface area contributed by atoms with Crippen LogP contribution in [0.3, 0.4) is 0 Å². The fraction of sp³-hybridized carbons (Fsp3) is 0.875. The Kier molecular flexibility index (Phi) is 4.96. The van der Waals surface area contributed by atoms with Gasteiger partial charge in [0.2, 0.25) is 6.29 Å². The van der Waals surface area contributed by atoms with Crippen molar-refractivity contribution in [2.24, 2.45) is 0 Å².